The molecule has 3 heterocycles. The Hall–Kier alpha value is -6.26. The summed E-state index contributed by atoms with van der Waals surface area (Å²) in [6.07, 6.45) is 0. The molecule has 0 fully saturated rings. The second kappa shape index (κ2) is 11.1. The zero-order valence-corrected chi connectivity index (χ0v) is 30.0. The van der Waals surface area contributed by atoms with Gasteiger partial charge in [-0.05, 0) is 78.2 Å². The molecule has 0 spiro atoms. The van der Waals surface area contributed by atoms with Crippen LogP contribution in [0.1, 0.15) is 0 Å². The zero-order chi connectivity index (χ0) is 34.6. The van der Waals surface area contributed by atoms with Gasteiger partial charge in [0.15, 0.2) is 0 Å². The van der Waals surface area contributed by atoms with E-state index in [2.05, 4.69) is 163 Å². The summed E-state index contributed by atoms with van der Waals surface area (Å²) in [7, 11) is 0. The molecule has 0 radical (unpaired) electrons. The highest BCUT2D eigenvalue weighted by Gasteiger charge is 2.21. The van der Waals surface area contributed by atoms with E-state index in [4.69, 9.17) is 4.42 Å². The van der Waals surface area contributed by atoms with Gasteiger partial charge in [-0.1, -0.05) is 146 Å². The molecule has 0 atom stereocenters. The van der Waals surface area contributed by atoms with Crippen LogP contribution in [0.5, 0.6) is 0 Å². The number of rotatable bonds is 3. The van der Waals surface area contributed by atoms with Crippen molar-refractivity contribution in [2.24, 2.45) is 0 Å². The molecular weight excluding hydrogens is 681 g/mol. The number of furan rings is 1. The maximum absolute atomic E-state index is 6.24. The molecule has 3 aromatic heterocycles. The van der Waals surface area contributed by atoms with Crippen LogP contribution in [-0.4, -0.2) is 0 Å². The van der Waals surface area contributed by atoms with Crippen LogP contribution in [0.15, 0.2) is 174 Å². The first-order valence-corrected chi connectivity index (χ1v) is 19.7. The highest BCUT2D eigenvalue weighted by atomic mass is 32.1. The molecule has 3 heteroatoms. The summed E-state index contributed by atoms with van der Waals surface area (Å²) in [6.45, 7) is 0. The second-order valence-electron chi connectivity index (χ2n) is 13.9. The minimum absolute atomic E-state index is 0.928. The maximum Gasteiger partial charge on any atom is 0.136 e. The van der Waals surface area contributed by atoms with Crippen LogP contribution < -0.4 is 0 Å². The standard InChI is InChI=1S/C50H28OS2/c1-2-11-29(12-3-1)42-28-52-49-39(42)25-24-38-37-18-10-19-41(48(37)53-50(38)49)46-35-15-6-4-13-33(35)45(34-14-5-7-16-36(34)46)31-21-23-32-30(27-31)22-26-44-47(32)40-17-8-9-20-43(40)51-44/h1-28H. The van der Waals surface area contributed by atoms with Crippen LogP contribution in [0, 0.1) is 0 Å². The molecule has 0 aliphatic heterocycles. The number of fused-ring (bicyclic) bond motifs is 12. The first-order chi connectivity index (χ1) is 26.3. The summed E-state index contributed by atoms with van der Waals surface area (Å²) in [4.78, 5) is 0. The van der Waals surface area contributed by atoms with Crippen LogP contribution in [-0.2, 0) is 0 Å². The average Bonchev–Trinajstić information content (AvgIpc) is 3.94. The molecule has 0 saturated carbocycles. The van der Waals surface area contributed by atoms with Gasteiger partial charge >= 0.3 is 0 Å². The molecule has 12 rings (SSSR count). The highest BCUT2D eigenvalue weighted by molar-refractivity contribution is 7.31. The Morgan fingerprint density at radius 2 is 1.00 bits per heavy atom. The van der Waals surface area contributed by atoms with Crippen molar-refractivity contribution in [3.8, 4) is 33.4 Å². The van der Waals surface area contributed by atoms with Gasteiger partial charge in [0, 0.05) is 42.8 Å². The van der Waals surface area contributed by atoms with E-state index in [9.17, 15) is 0 Å². The summed E-state index contributed by atoms with van der Waals surface area (Å²) in [5.74, 6) is 0. The predicted molar refractivity (Wildman–Crippen MR) is 231 cm³/mol. The molecule has 0 saturated heterocycles. The number of hydrogen-bond donors (Lipinski definition) is 0. The van der Waals surface area contributed by atoms with Gasteiger partial charge in [0.05, 0.1) is 9.40 Å². The van der Waals surface area contributed by atoms with E-state index in [-0.39, 0.29) is 0 Å². The third-order valence-corrected chi connectivity index (χ3v) is 13.6. The molecular formula is C50H28OS2. The molecule has 12 aromatic rings. The van der Waals surface area contributed by atoms with E-state index < -0.39 is 0 Å². The van der Waals surface area contributed by atoms with Gasteiger partial charge in [-0.25, -0.2) is 0 Å². The molecule has 246 valence electrons. The van der Waals surface area contributed by atoms with Gasteiger partial charge in [-0.15, -0.1) is 22.7 Å². The summed E-state index contributed by atoms with van der Waals surface area (Å²) >= 11 is 3.81. The third kappa shape index (κ3) is 4.18. The lowest BCUT2D eigenvalue weighted by atomic mass is 9.85. The van der Waals surface area contributed by atoms with E-state index in [1.54, 1.807) is 0 Å². The van der Waals surface area contributed by atoms with Crippen LogP contribution >= 0.6 is 22.7 Å². The van der Waals surface area contributed by atoms with Gasteiger partial charge in [0.2, 0.25) is 0 Å². The summed E-state index contributed by atoms with van der Waals surface area (Å²) < 4.78 is 10.3. The normalized spacial score (nSPS) is 12.2. The van der Waals surface area contributed by atoms with Crippen molar-refractivity contribution in [1.82, 2.24) is 0 Å². The molecule has 53 heavy (non-hydrogen) atoms. The maximum atomic E-state index is 6.24. The lowest BCUT2D eigenvalue weighted by molar-refractivity contribution is 0.669. The fraction of sp³-hybridized carbons (Fsp3) is 0. The van der Waals surface area contributed by atoms with Crippen molar-refractivity contribution in [3.05, 3.63) is 169 Å². The van der Waals surface area contributed by atoms with Gasteiger partial charge in [-0.2, -0.15) is 0 Å². The minimum atomic E-state index is 0.928. The van der Waals surface area contributed by atoms with Crippen LogP contribution in [0.2, 0.25) is 0 Å². The summed E-state index contributed by atoms with van der Waals surface area (Å²) in [6, 6.07) is 60.0. The molecule has 0 N–H and O–H groups in total. The lowest BCUT2D eigenvalue weighted by Crippen LogP contribution is -1.91. The van der Waals surface area contributed by atoms with Crippen molar-refractivity contribution in [2.45, 2.75) is 0 Å². The Bertz CT molecular complexity index is 3390. The molecule has 0 unspecified atom stereocenters. The van der Waals surface area contributed by atoms with E-state index in [0.29, 0.717) is 0 Å². The van der Waals surface area contributed by atoms with E-state index >= 15 is 0 Å². The molecule has 1 nitrogen and oxygen atoms in total. The molecule has 0 aliphatic carbocycles. The minimum Gasteiger partial charge on any atom is -0.456 e. The SMILES string of the molecule is c1ccc(-c2csc3c2ccc2c4cccc(-c5c6ccccc6c(-c6ccc7c(ccc8oc9ccccc9c87)c6)c6ccccc56)c4sc23)cc1. The van der Waals surface area contributed by atoms with Crippen molar-refractivity contribution in [1.29, 1.82) is 0 Å². The Morgan fingerprint density at radius 1 is 0.358 bits per heavy atom. The Kier molecular flexibility index (Phi) is 6.15. The number of benzene rings is 9. The monoisotopic (exact) mass is 708 g/mol. The fourth-order valence-corrected chi connectivity index (χ4v) is 11.4. The number of hydrogen-bond acceptors (Lipinski definition) is 3. The first-order valence-electron chi connectivity index (χ1n) is 18.0. The Morgan fingerprint density at radius 3 is 1.79 bits per heavy atom. The first kappa shape index (κ1) is 29.3. The Labute approximate surface area is 312 Å². The smallest absolute Gasteiger partial charge is 0.136 e. The quantitative estimate of drug-likeness (QED) is 0.167. The van der Waals surface area contributed by atoms with Gasteiger partial charge in [0.1, 0.15) is 11.2 Å². The van der Waals surface area contributed by atoms with E-state index in [1.807, 2.05) is 28.7 Å². The number of thiophene rings is 2. The fourth-order valence-electron chi connectivity index (χ4n) is 8.82. The summed E-state index contributed by atoms with van der Waals surface area (Å²) in [5, 5.41) is 16.2. The predicted octanol–water partition coefficient (Wildman–Crippen LogP) is 15.6. The molecule has 0 aliphatic rings. The van der Waals surface area contributed by atoms with Crippen molar-refractivity contribution in [3.63, 3.8) is 0 Å². The largest absolute Gasteiger partial charge is 0.456 e. The second-order valence-corrected chi connectivity index (χ2v) is 15.8. The van der Waals surface area contributed by atoms with Gasteiger partial charge in [-0.3, -0.25) is 0 Å². The Balaban J connectivity index is 1.11. The van der Waals surface area contributed by atoms with Crippen molar-refractivity contribution >= 4 is 107 Å². The number of para-hydroxylation sites is 1. The van der Waals surface area contributed by atoms with Crippen molar-refractivity contribution in [2.75, 3.05) is 0 Å². The zero-order valence-electron chi connectivity index (χ0n) is 28.4. The van der Waals surface area contributed by atoms with E-state index in [0.717, 1.165) is 16.6 Å². The van der Waals surface area contributed by atoms with Gasteiger partial charge in [0.25, 0.3) is 0 Å². The average molecular weight is 709 g/mol. The van der Waals surface area contributed by atoms with Crippen LogP contribution in [0.3, 0.4) is 0 Å². The summed E-state index contributed by atoms with van der Waals surface area (Å²) in [5.41, 5.74) is 9.53. The molecule has 0 bridgehead atoms. The molecule has 9 aromatic carbocycles. The lowest BCUT2D eigenvalue weighted by Gasteiger charge is -2.18. The van der Waals surface area contributed by atoms with Crippen LogP contribution in [0.25, 0.3) is 118 Å². The van der Waals surface area contributed by atoms with Gasteiger partial charge < -0.3 is 4.42 Å². The highest BCUT2D eigenvalue weighted by Crippen LogP contribution is 2.50. The van der Waals surface area contributed by atoms with E-state index in [1.165, 1.54) is 101 Å². The third-order valence-electron chi connectivity index (χ3n) is 11.1. The molecule has 0 amide bonds. The topological polar surface area (TPSA) is 13.1 Å². The van der Waals surface area contributed by atoms with Crippen LogP contribution in [0.4, 0.5) is 0 Å². The van der Waals surface area contributed by atoms with Crippen molar-refractivity contribution < 1.29 is 4.42 Å².